The number of nitrogens with zero attached hydrogens (tertiary/aromatic N) is 5. The largest absolute Gasteiger partial charge is 0.378 e. The van der Waals surface area contributed by atoms with Crippen molar-refractivity contribution in [2.75, 3.05) is 49.6 Å². The lowest BCUT2D eigenvalue weighted by Crippen LogP contribution is -2.36. The second-order valence-corrected chi connectivity index (χ2v) is 7.38. The third-order valence-electron chi connectivity index (χ3n) is 5.55. The maximum atomic E-state index is 5.42. The van der Waals surface area contributed by atoms with Crippen molar-refractivity contribution in [2.45, 2.75) is 18.8 Å². The van der Waals surface area contributed by atoms with Crippen molar-refractivity contribution in [3.8, 4) is 0 Å². The number of anilines is 3. The second-order valence-electron chi connectivity index (χ2n) is 7.38. The first-order chi connectivity index (χ1) is 13.9. The summed E-state index contributed by atoms with van der Waals surface area (Å²) in [5, 5.41) is 11.3. The Hall–Kier alpha value is -2.71. The van der Waals surface area contributed by atoms with Crippen LogP contribution in [0.15, 0.2) is 36.9 Å². The molecule has 3 aromatic rings. The topological polar surface area (TPSA) is 79.6 Å². The molecule has 0 radical (unpaired) electrons. The first-order valence-electron chi connectivity index (χ1n) is 9.96. The minimum absolute atomic E-state index is 0.500. The predicted molar refractivity (Wildman–Crippen MR) is 108 cm³/mol. The average molecular weight is 379 g/mol. The molecule has 0 bridgehead atoms. The highest BCUT2D eigenvalue weighted by Crippen LogP contribution is 2.29. The van der Waals surface area contributed by atoms with Crippen LogP contribution in [0.1, 0.15) is 24.3 Å². The van der Waals surface area contributed by atoms with E-state index in [2.05, 4.69) is 48.9 Å². The highest BCUT2D eigenvalue weighted by Gasteiger charge is 2.18. The molecular formula is C20H25N7O. The van der Waals surface area contributed by atoms with E-state index in [1.54, 1.807) is 6.33 Å². The SMILES string of the molecule is c1nc2c(Nc3ccc(N4CCOCC4)cn3)cc(C3CCCNC3)cn2n1. The van der Waals surface area contributed by atoms with Crippen molar-refractivity contribution < 1.29 is 4.74 Å². The highest BCUT2D eigenvalue weighted by molar-refractivity contribution is 5.73. The Bertz CT molecular complexity index is 927. The molecule has 8 heteroatoms. The quantitative estimate of drug-likeness (QED) is 0.719. The van der Waals surface area contributed by atoms with Crippen LogP contribution in [0, 0.1) is 0 Å². The molecule has 8 nitrogen and oxygen atoms in total. The molecule has 2 aliphatic heterocycles. The van der Waals surface area contributed by atoms with E-state index >= 15 is 0 Å². The van der Waals surface area contributed by atoms with Crippen LogP contribution >= 0.6 is 0 Å². The number of nitrogens with one attached hydrogen (secondary N) is 2. The molecule has 2 N–H and O–H groups in total. The molecule has 2 saturated heterocycles. The zero-order valence-corrected chi connectivity index (χ0v) is 15.8. The van der Waals surface area contributed by atoms with Crippen LogP contribution in [0.2, 0.25) is 0 Å². The summed E-state index contributed by atoms with van der Waals surface area (Å²) in [6.07, 6.45) is 8.01. The fourth-order valence-corrected chi connectivity index (χ4v) is 4.01. The zero-order chi connectivity index (χ0) is 18.8. The summed E-state index contributed by atoms with van der Waals surface area (Å²) in [7, 11) is 0. The van der Waals surface area contributed by atoms with Gasteiger partial charge in [-0.25, -0.2) is 14.5 Å². The van der Waals surface area contributed by atoms with Gasteiger partial charge in [0.1, 0.15) is 12.1 Å². The molecule has 0 spiro atoms. The van der Waals surface area contributed by atoms with Gasteiger partial charge in [0.05, 0.1) is 30.8 Å². The van der Waals surface area contributed by atoms with Gasteiger partial charge in [0.2, 0.25) is 0 Å². The third kappa shape index (κ3) is 3.53. The summed E-state index contributed by atoms with van der Waals surface area (Å²) in [4.78, 5) is 11.3. The second kappa shape index (κ2) is 7.73. The number of hydrogen-bond acceptors (Lipinski definition) is 7. The minimum Gasteiger partial charge on any atom is -0.378 e. The van der Waals surface area contributed by atoms with Crippen LogP contribution in [-0.4, -0.2) is 59.0 Å². The normalized spacial score (nSPS) is 20.4. The number of fused-ring (bicyclic) bond motifs is 1. The summed E-state index contributed by atoms with van der Waals surface area (Å²) >= 11 is 0. The highest BCUT2D eigenvalue weighted by atomic mass is 16.5. The number of aromatic nitrogens is 4. The molecule has 5 heterocycles. The molecule has 146 valence electrons. The Labute approximate surface area is 163 Å². The van der Waals surface area contributed by atoms with Gasteiger partial charge in [-0.05, 0) is 49.1 Å². The average Bonchev–Trinajstić information content (AvgIpc) is 3.25. The Morgan fingerprint density at radius 3 is 2.89 bits per heavy atom. The minimum atomic E-state index is 0.500. The number of morpholine rings is 1. The zero-order valence-electron chi connectivity index (χ0n) is 15.8. The van der Waals surface area contributed by atoms with Gasteiger partial charge >= 0.3 is 0 Å². The fourth-order valence-electron chi connectivity index (χ4n) is 4.01. The molecule has 2 aliphatic rings. The molecule has 1 atom stereocenters. The first kappa shape index (κ1) is 17.4. The maximum absolute atomic E-state index is 5.42. The number of piperidine rings is 1. The third-order valence-corrected chi connectivity index (χ3v) is 5.55. The van der Waals surface area contributed by atoms with Gasteiger partial charge in [0.25, 0.3) is 0 Å². The van der Waals surface area contributed by atoms with Crippen LogP contribution in [0.25, 0.3) is 5.65 Å². The summed E-state index contributed by atoms with van der Waals surface area (Å²) in [6, 6.07) is 6.32. The molecule has 1 unspecified atom stereocenters. The summed E-state index contributed by atoms with van der Waals surface area (Å²) < 4.78 is 7.28. The van der Waals surface area contributed by atoms with E-state index in [-0.39, 0.29) is 0 Å². The predicted octanol–water partition coefficient (Wildman–Crippen LogP) is 2.17. The molecule has 0 amide bonds. The number of pyridine rings is 2. The van der Waals surface area contributed by atoms with Crippen LogP contribution < -0.4 is 15.5 Å². The van der Waals surface area contributed by atoms with E-state index in [0.29, 0.717) is 5.92 Å². The number of ether oxygens (including phenoxy) is 1. The molecule has 0 aliphatic carbocycles. The Kier molecular flexibility index (Phi) is 4.80. The summed E-state index contributed by atoms with van der Waals surface area (Å²) in [5.41, 5.74) is 4.15. The van der Waals surface area contributed by atoms with Crippen molar-refractivity contribution in [2.24, 2.45) is 0 Å². The van der Waals surface area contributed by atoms with Crippen LogP contribution in [0.3, 0.4) is 0 Å². The van der Waals surface area contributed by atoms with Gasteiger partial charge in [-0.2, -0.15) is 5.10 Å². The van der Waals surface area contributed by atoms with E-state index in [4.69, 9.17) is 4.74 Å². The van der Waals surface area contributed by atoms with Gasteiger partial charge in [-0.3, -0.25) is 0 Å². The Balaban J connectivity index is 1.40. The lowest BCUT2D eigenvalue weighted by atomic mass is 9.92. The molecule has 2 fully saturated rings. The molecule has 5 rings (SSSR count). The molecule has 3 aromatic heterocycles. The van der Waals surface area contributed by atoms with Crippen molar-refractivity contribution >= 4 is 22.8 Å². The molecule has 28 heavy (non-hydrogen) atoms. The van der Waals surface area contributed by atoms with Gasteiger partial charge in [0.15, 0.2) is 5.65 Å². The van der Waals surface area contributed by atoms with E-state index < -0.39 is 0 Å². The fraction of sp³-hybridized carbons (Fsp3) is 0.450. The molecule has 0 saturated carbocycles. The van der Waals surface area contributed by atoms with Crippen molar-refractivity contribution in [1.29, 1.82) is 0 Å². The lowest BCUT2D eigenvalue weighted by Gasteiger charge is -2.28. The Morgan fingerprint density at radius 1 is 1.18 bits per heavy atom. The van der Waals surface area contributed by atoms with Crippen LogP contribution in [-0.2, 0) is 4.74 Å². The van der Waals surface area contributed by atoms with Gasteiger partial charge < -0.3 is 20.3 Å². The smallest absolute Gasteiger partial charge is 0.178 e. The van der Waals surface area contributed by atoms with Crippen molar-refractivity contribution in [3.05, 3.63) is 42.5 Å². The molecule has 0 aromatic carbocycles. The van der Waals surface area contributed by atoms with E-state index in [1.165, 1.54) is 18.4 Å². The van der Waals surface area contributed by atoms with E-state index in [1.807, 2.05) is 16.8 Å². The number of hydrogen-bond donors (Lipinski definition) is 2. The Morgan fingerprint density at radius 2 is 2.11 bits per heavy atom. The van der Waals surface area contributed by atoms with Crippen LogP contribution in [0.5, 0.6) is 0 Å². The van der Waals surface area contributed by atoms with Crippen molar-refractivity contribution in [3.63, 3.8) is 0 Å². The summed E-state index contributed by atoms with van der Waals surface area (Å²) in [6.45, 7) is 5.47. The van der Waals surface area contributed by atoms with E-state index in [9.17, 15) is 0 Å². The van der Waals surface area contributed by atoms with Gasteiger partial charge in [0, 0.05) is 25.8 Å². The monoisotopic (exact) mass is 379 g/mol. The number of rotatable bonds is 4. The summed E-state index contributed by atoms with van der Waals surface area (Å²) in [5.74, 6) is 1.31. The van der Waals surface area contributed by atoms with Gasteiger partial charge in [-0.1, -0.05) is 0 Å². The lowest BCUT2D eigenvalue weighted by molar-refractivity contribution is 0.122. The van der Waals surface area contributed by atoms with Crippen LogP contribution in [0.4, 0.5) is 17.2 Å². The van der Waals surface area contributed by atoms with Crippen molar-refractivity contribution in [1.82, 2.24) is 24.9 Å². The van der Waals surface area contributed by atoms with E-state index in [0.717, 1.165) is 62.2 Å². The van der Waals surface area contributed by atoms with Gasteiger partial charge in [-0.15, -0.1) is 0 Å². The standard InChI is InChI=1S/C20H25N7O/c1-2-15(11-21-5-1)16-10-18(20-23-14-24-27(20)13-16)25-19-4-3-17(12-22-19)26-6-8-28-9-7-26/h3-4,10,12-15,21H,1-2,5-9,11H2,(H,22,25). The maximum Gasteiger partial charge on any atom is 0.178 e. The molecular weight excluding hydrogens is 354 g/mol. The first-order valence-corrected chi connectivity index (χ1v) is 9.96.